The molecule has 0 aliphatic carbocycles. The van der Waals surface area contributed by atoms with Crippen molar-refractivity contribution in [2.75, 3.05) is 18.5 Å². The molecule has 0 bridgehead atoms. The molecule has 2 aliphatic heterocycles. The van der Waals surface area contributed by atoms with Gasteiger partial charge < -0.3 is 30.7 Å². The van der Waals surface area contributed by atoms with Gasteiger partial charge in [0.1, 0.15) is 17.2 Å². The number of aromatic carboxylic acids is 1. The van der Waals surface area contributed by atoms with Gasteiger partial charge >= 0.3 is 5.97 Å². The van der Waals surface area contributed by atoms with Gasteiger partial charge in [0.2, 0.25) is 0 Å². The molecular weight excluding hydrogens is 471 g/mol. The monoisotopic (exact) mass is 496 g/mol. The summed E-state index contributed by atoms with van der Waals surface area (Å²) in [7, 11) is 0. The van der Waals surface area contributed by atoms with Crippen molar-refractivity contribution in [3.63, 3.8) is 0 Å². The zero-order valence-corrected chi connectivity index (χ0v) is 19.6. The van der Waals surface area contributed by atoms with Gasteiger partial charge in [0.25, 0.3) is 11.8 Å². The fourth-order valence-electron chi connectivity index (χ4n) is 4.16. The van der Waals surface area contributed by atoms with Crippen LogP contribution in [0.1, 0.15) is 52.1 Å². The SMILES string of the molecule is CC1(C)O/C(=C2/C(=O)Nc3cc(C(=O)O)c(F)cc32)C=C1c1ccc(C(=O)NCCC(O)CO)cc1. The summed E-state index contributed by atoms with van der Waals surface area (Å²) < 4.78 is 20.4. The Balaban J connectivity index is 1.62. The summed E-state index contributed by atoms with van der Waals surface area (Å²) in [6, 6.07) is 8.84. The minimum atomic E-state index is -1.44. The van der Waals surface area contributed by atoms with Crippen LogP contribution >= 0.6 is 0 Å². The number of nitrogens with one attached hydrogen (secondary N) is 2. The standard InChI is InChI=1S/C26H25FN2O7/c1-26(2)18(13-3-5-14(6-4-13)23(32)28-8-7-15(31)12-30)11-21(36-26)22-17-9-19(27)16(25(34)35)10-20(17)29-24(22)33/h3-6,9-11,15,30-31H,7-8,12H2,1-2H3,(H,28,32)(H,29,33)(H,34,35)/b22-21+. The fraction of sp³-hybridized carbons (Fsp3) is 0.269. The first-order valence-corrected chi connectivity index (χ1v) is 11.2. The molecule has 0 saturated carbocycles. The zero-order chi connectivity index (χ0) is 26.2. The molecule has 2 aliphatic rings. The number of aliphatic hydroxyl groups is 2. The topological polar surface area (TPSA) is 145 Å². The highest BCUT2D eigenvalue weighted by molar-refractivity contribution is 6.32. The molecule has 188 valence electrons. The van der Waals surface area contributed by atoms with Gasteiger partial charge in [0.05, 0.1) is 29.5 Å². The number of carbonyl (C=O) groups is 3. The number of rotatable bonds is 7. The number of benzene rings is 2. The maximum Gasteiger partial charge on any atom is 0.338 e. The molecule has 4 rings (SSSR count). The smallest absolute Gasteiger partial charge is 0.338 e. The molecule has 2 aromatic rings. The van der Waals surface area contributed by atoms with Gasteiger partial charge in [-0.05, 0) is 56.2 Å². The maximum absolute atomic E-state index is 14.4. The Bertz CT molecular complexity index is 1310. The highest BCUT2D eigenvalue weighted by Crippen LogP contribution is 2.44. The number of carbonyl (C=O) groups excluding carboxylic acids is 2. The third-order valence-corrected chi connectivity index (χ3v) is 6.05. The minimum absolute atomic E-state index is 0.102. The van der Waals surface area contributed by atoms with E-state index in [2.05, 4.69) is 10.6 Å². The Morgan fingerprint density at radius 2 is 1.89 bits per heavy atom. The van der Waals surface area contributed by atoms with E-state index in [4.69, 9.17) is 14.9 Å². The molecule has 2 heterocycles. The van der Waals surface area contributed by atoms with Crippen LogP contribution < -0.4 is 10.6 Å². The number of aliphatic hydroxyl groups excluding tert-OH is 2. The predicted molar refractivity (Wildman–Crippen MR) is 129 cm³/mol. The second-order valence-corrected chi connectivity index (χ2v) is 9.00. The lowest BCUT2D eigenvalue weighted by Gasteiger charge is -2.23. The zero-order valence-electron chi connectivity index (χ0n) is 19.6. The maximum atomic E-state index is 14.4. The average Bonchev–Trinajstić information content (AvgIpc) is 3.32. The Labute approximate surface area is 205 Å². The van der Waals surface area contributed by atoms with Gasteiger partial charge in [-0.25, -0.2) is 9.18 Å². The molecule has 0 aromatic heterocycles. The van der Waals surface area contributed by atoms with Crippen molar-refractivity contribution >= 4 is 34.6 Å². The van der Waals surface area contributed by atoms with Crippen LogP contribution in [-0.2, 0) is 9.53 Å². The number of anilines is 1. The van der Waals surface area contributed by atoms with Crippen LogP contribution in [-0.4, -0.2) is 58.0 Å². The molecule has 10 heteroatoms. The number of hydrogen-bond donors (Lipinski definition) is 5. The third kappa shape index (κ3) is 4.73. The number of halogens is 1. The lowest BCUT2D eigenvalue weighted by atomic mass is 9.91. The number of carboxylic acids is 1. The van der Waals surface area contributed by atoms with Crippen LogP contribution in [0.15, 0.2) is 48.2 Å². The van der Waals surface area contributed by atoms with Crippen LogP contribution in [0.25, 0.3) is 11.1 Å². The van der Waals surface area contributed by atoms with E-state index < -0.39 is 35.0 Å². The molecule has 36 heavy (non-hydrogen) atoms. The molecule has 2 amide bonds. The minimum Gasteiger partial charge on any atom is -0.482 e. The Kier molecular flexibility index (Phi) is 6.66. The van der Waals surface area contributed by atoms with Crippen molar-refractivity contribution in [2.45, 2.75) is 32.0 Å². The molecule has 5 N–H and O–H groups in total. The summed E-state index contributed by atoms with van der Waals surface area (Å²) in [4.78, 5) is 36.3. The Morgan fingerprint density at radius 1 is 1.19 bits per heavy atom. The summed E-state index contributed by atoms with van der Waals surface area (Å²) in [6.45, 7) is 3.45. The Morgan fingerprint density at radius 3 is 2.53 bits per heavy atom. The summed E-state index contributed by atoms with van der Waals surface area (Å²) >= 11 is 0. The van der Waals surface area contributed by atoms with Crippen LogP contribution in [0.5, 0.6) is 0 Å². The lowest BCUT2D eigenvalue weighted by Crippen LogP contribution is -2.28. The molecule has 0 spiro atoms. The van der Waals surface area contributed by atoms with Crippen LogP contribution in [0, 0.1) is 5.82 Å². The first-order valence-electron chi connectivity index (χ1n) is 11.2. The second-order valence-electron chi connectivity index (χ2n) is 9.00. The van der Waals surface area contributed by atoms with Gasteiger partial charge in [-0.1, -0.05) is 12.1 Å². The molecular formula is C26H25FN2O7. The van der Waals surface area contributed by atoms with Crippen LogP contribution in [0.4, 0.5) is 10.1 Å². The number of carboxylic acid groups (broad SMARTS) is 1. The first-order chi connectivity index (χ1) is 17.0. The lowest BCUT2D eigenvalue weighted by molar-refractivity contribution is -0.111. The molecule has 0 radical (unpaired) electrons. The number of amides is 2. The van der Waals surface area contributed by atoms with E-state index in [1.807, 2.05) is 0 Å². The van der Waals surface area contributed by atoms with Crippen molar-refractivity contribution < 1.29 is 38.8 Å². The highest BCUT2D eigenvalue weighted by atomic mass is 19.1. The largest absolute Gasteiger partial charge is 0.482 e. The van der Waals surface area contributed by atoms with E-state index in [-0.39, 0.29) is 48.1 Å². The number of fused-ring (bicyclic) bond motifs is 1. The van der Waals surface area contributed by atoms with Crippen molar-refractivity contribution in [3.8, 4) is 0 Å². The molecule has 0 saturated heterocycles. The summed E-state index contributed by atoms with van der Waals surface area (Å²) in [6.07, 6.45) is 1.02. The van der Waals surface area contributed by atoms with E-state index in [1.165, 1.54) is 0 Å². The van der Waals surface area contributed by atoms with E-state index >= 15 is 0 Å². The van der Waals surface area contributed by atoms with Gasteiger partial charge in [-0.3, -0.25) is 9.59 Å². The van der Waals surface area contributed by atoms with Crippen molar-refractivity contribution in [2.24, 2.45) is 0 Å². The summed E-state index contributed by atoms with van der Waals surface area (Å²) in [5.41, 5.74) is 0.982. The molecule has 1 unspecified atom stereocenters. The van der Waals surface area contributed by atoms with Gasteiger partial charge in [-0.2, -0.15) is 0 Å². The van der Waals surface area contributed by atoms with Crippen molar-refractivity contribution in [1.82, 2.24) is 5.32 Å². The number of hydrogen-bond acceptors (Lipinski definition) is 6. The van der Waals surface area contributed by atoms with E-state index in [0.29, 0.717) is 5.56 Å². The second kappa shape index (κ2) is 9.56. The van der Waals surface area contributed by atoms with Gasteiger partial charge in [-0.15, -0.1) is 0 Å². The predicted octanol–water partition coefficient (Wildman–Crippen LogP) is 2.55. The van der Waals surface area contributed by atoms with Crippen molar-refractivity contribution in [3.05, 3.63) is 76.3 Å². The van der Waals surface area contributed by atoms with Crippen LogP contribution in [0.3, 0.4) is 0 Å². The first kappa shape index (κ1) is 25.1. The van der Waals surface area contributed by atoms with E-state index in [0.717, 1.165) is 23.3 Å². The highest BCUT2D eigenvalue weighted by Gasteiger charge is 2.38. The summed E-state index contributed by atoms with van der Waals surface area (Å²) in [5, 5.41) is 32.6. The van der Waals surface area contributed by atoms with E-state index in [1.54, 1.807) is 44.2 Å². The van der Waals surface area contributed by atoms with Gasteiger partial charge in [0.15, 0.2) is 0 Å². The quantitative estimate of drug-likeness (QED) is 0.371. The van der Waals surface area contributed by atoms with Crippen molar-refractivity contribution in [1.29, 1.82) is 0 Å². The Hall–Kier alpha value is -4.02. The number of ether oxygens (including phenoxy) is 1. The molecule has 2 aromatic carbocycles. The van der Waals surface area contributed by atoms with E-state index in [9.17, 15) is 23.9 Å². The fourth-order valence-corrected chi connectivity index (χ4v) is 4.16. The normalized spacial score (nSPS) is 18.7. The summed E-state index contributed by atoms with van der Waals surface area (Å²) in [5.74, 6) is -3.04. The number of allylic oxidation sites excluding steroid dienone is 1. The van der Waals surface area contributed by atoms with Gasteiger partial charge in [0, 0.05) is 23.2 Å². The third-order valence-electron chi connectivity index (χ3n) is 6.05. The molecule has 0 fully saturated rings. The molecule has 9 nitrogen and oxygen atoms in total. The van der Waals surface area contributed by atoms with Crippen LogP contribution in [0.2, 0.25) is 0 Å². The average molecular weight is 496 g/mol. The molecule has 1 atom stereocenters.